The number of nitrogens with zero attached hydrogens (tertiary/aromatic N) is 1. The zero-order valence-corrected chi connectivity index (χ0v) is 9.78. The maximum Gasteiger partial charge on any atom is 0.150 e. The summed E-state index contributed by atoms with van der Waals surface area (Å²) in [6.07, 6.45) is 0.378. The molecule has 0 bridgehead atoms. The molecule has 3 heteroatoms. The fraction of sp³-hybridized carbons (Fsp3) is 0.385. The molecule has 84 valence electrons. The highest BCUT2D eigenvalue weighted by Crippen LogP contribution is 2.28. The Morgan fingerprint density at radius 2 is 2.12 bits per heavy atom. The second-order valence-corrected chi connectivity index (χ2v) is 3.99. The van der Waals surface area contributed by atoms with Crippen molar-refractivity contribution < 1.29 is 9.53 Å². The van der Waals surface area contributed by atoms with Gasteiger partial charge in [0.05, 0.1) is 13.2 Å². The monoisotopic (exact) mass is 217 g/mol. The molecule has 1 rings (SSSR count). The molecular formula is C13H15NO2. The normalized spacial score (nSPS) is 13.6. The summed E-state index contributed by atoms with van der Waals surface area (Å²) < 4.78 is 5.19. The molecule has 0 aromatic heterocycles. The second kappa shape index (κ2) is 4.80. The van der Waals surface area contributed by atoms with E-state index in [1.165, 1.54) is 6.92 Å². The van der Waals surface area contributed by atoms with E-state index >= 15 is 0 Å². The van der Waals surface area contributed by atoms with Crippen molar-refractivity contribution in [2.24, 2.45) is 5.41 Å². The number of ether oxygens (including phenoxy) is 1. The lowest BCUT2D eigenvalue weighted by molar-refractivity contribution is -0.123. The number of Topliss-reactive ketones (excluding diaryl/α,β-unsaturated/α-hetero) is 1. The van der Waals surface area contributed by atoms with E-state index < -0.39 is 5.41 Å². The summed E-state index contributed by atoms with van der Waals surface area (Å²) in [5.74, 6) is 0.589. The van der Waals surface area contributed by atoms with Gasteiger partial charge < -0.3 is 4.74 Å². The van der Waals surface area contributed by atoms with Crippen LogP contribution in [0.25, 0.3) is 0 Å². The fourth-order valence-electron chi connectivity index (χ4n) is 1.47. The molecule has 0 saturated heterocycles. The SMILES string of the molecule is COc1ccccc1CC(C)(C#N)C(C)=O. The van der Waals surface area contributed by atoms with Crippen LogP contribution in [0.5, 0.6) is 5.75 Å². The Morgan fingerprint density at radius 3 is 2.62 bits per heavy atom. The highest BCUT2D eigenvalue weighted by Gasteiger charge is 2.30. The van der Waals surface area contributed by atoms with Crippen LogP contribution in [0.4, 0.5) is 0 Å². The van der Waals surface area contributed by atoms with Crippen LogP contribution in [0.15, 0.2) is 24.3 Å². The molecule has 0 amide bonds. The predicted molar refractivity (Wildman–Crippen MR) is 61.1 cm³/mol. The van der Waals surface area contributed by atoms with Crippen LogP contribution < -0.4 is 4.74 Å². The van der Waals surface area contributed by atoms with Crippen molar-refractivity contribution in [2.75, 3.05) is 7.11 Å². The minimum absolute atomic E-state index is 0.124. The average Bonchev–Trinajstić information content (AvgIpc) is 2.29. The number of methoxy groups -OCH3 is 1. The number of hydrogen-bond acceptors (Lipinski definition) is 3. The lowest BCUT2D eigenvalue weighted by atomic mass is 9.81. The van der Waals surface area contributed by atoms with Crippen molar-refractivity contribution in [1.82, 2.24) is 0 Å². The van der Waals surface area contributed by atoms with Gasteiger partial charge in [-0.25, -0.2) is 0 Å². The molecule has 1 aromatic rings. The van der Waals surface area contributed by atoms with Crippen molar-refractivity contribution in [1.29, 1.82) is 5.26 Å². The van der Waals surface area contributed by atoms with Gasteiger partial charge in [-0.2, -0.15) is 5.26 Å². The molecule has 3 nitrogen and oxygen atoms in total. The molecule has 0 radical (unpaired) electrons. The maximum absolute atomic E-state index is 11.4. The molecule has 1 unspecified atom stereocenters. The number of carbonyl (C=O) groups is 1. The average molecular weight is 217 g/mol. The van der Waals surface area contributed by atoms with Crippen LogP contribution >= 0.6 is 0 Å². The molecule has 0 aliphatic carbocycles. The topological polar surface area (TPSA) is 50.1 Å². The Kier molecular flexibility index (Phi) is 3.68. The molecular weight excluding hydrogens is 202 g/mol. The van der Waals surface area contributed by atoms with Crippen LogP contribution in [0.2, 0.25) is 0 Å². The van der Waals surface area contributed by atoms with Crippen LogP contribution in [-0.2, 0) is 11.2 Å². The van der Waals surface area contributed by atoms with Crippen molar-refractivity contribution in [3.63, 3.8) is 0 Å². The second-order valence-electron chi connectivity index (χ2n) is 3.99. The zero-order valence-electron chi connectivity index (χ0n) is 9.78. The van der Waals surface area contributed by atoms with E-state index in [9.17, 15) is 4.79 Å². The summed E-state index contributed by atoms with van der Waals surface area (Å²) in [4.78, 5) is 11.4. The summed E-state index contributed by atoms with van der Waals surface area (Å²) in [5, 5.41) is 9.07. The molecule has 0 spiro atoms. The lowest BCUT2D eigenvalue weighted by Gasteiger charge is -2.19. The first kappa shape index (κ1) is 12.3. The van der Waals surface area contributed by atoms with Crippen LogP contribution in [-0.4, -0.2) is 12.9 Å². The highest BCUT2D eigenvalue weighted by atomic mass is 16.5. The van der Waals surface area contributed by atoms with Gasteiger partial charge in [0.25, 0.3) is 0 Å². The number of para-hydroxylation sites is 1. The van der Waals surface area contributed by atoms with Gasteiger partial charge >= 0.3 is 0 Å². The molecule has 1 aromatic carbocycles. The Bertz CT molecular complexity index is 434. The molecule has 1 atom stereocenters. The van der Waals surface area contributed by atoms with Gasteiger partial charge in [-0.05, 0) is 25.5 Å². The van der Waals surface area contributed by atoms with Gasteiger partial charge in [0, 0.05) is 6.42 Å². The number of hydrogen-bond donors (Lipinski definition) is 0. The van der Waals surface area contributed by atoms with E-state index in [0.717, 1.165) is 5.56 Å². The van der Waals surface area contributed by atoms with E-state index in [1.807, 2.05) is 24.3 Å². The molecule has 16 heavy (non-hydrogen) atoms. The summed E-state index contributed by atoms with van der Waals surface area (Å²) in [7, 11) is 1.58. The van der Waals surface area contributed by atoms with Gasteiger partial charge in [0.1, 0.15) is 16.9 Å². The Labute approximate surface area is 95.7 Å². The number of benzene rings is 1. The number of carbonyl (C=O) groups excluding carboxylic acids is 1. The third-order valence-corrected chi connectivity index (χ3v) is 2.76. The first-order chi connectivity index (χ1) is 7.53. The number of nitriles is 1. The number of rotatable bonds is 4. The van der Waals surface area contributed by atoms with E-state index in [0.29, 0.717) is 12.2 Å². The van der Waals surface area contributed by atoms with Crippen LogP contribution in [0.3, 0.4) is 0 Å². The Hall–Kier alpha value is -1.82. The van der Waals surface area contributed by atoms with Crippen molar-refractivity contribution in [3.05, 3.63) is 29.8 Å². The summed E-state index contributed by atoms with van der Waals surface area (Å²) >= 11 is 0. The van der Waals surface area contributed by atoms with Crippen molar-refractivity contribution in [3.8, 4) is 11.8 Å². The third kappa shape index (κ3) is 2.40. The molecule has 0 heterocycles. The summed E-state index contributed by atoms with van der Waals surface area (Å²) in [6, 6.07) is 9.50. The van der Waals surface area contributed by atoms with E-state index in [2.05, 4.69) is 6.07 Å². The minimum atomic E-state index is -0.978. The molecule has 0 fully saturated rings. The van der Waals surface area contributed by atoms with E-state index in [4.69, 9.17) is 10.00 Å². The largest absolute Gasteiger partial charge is 0.496 e. The fourth-order valence-corrected chi connectivity index (χ4v) is 1.47. The third-order valence-electron chi connectivity index (χ3n) is 2.76. The smallest absolute Gasteiger partial charge is 0.150 e. The molecule has 0 aliphatic rings. The van der Waals surface area contributed by atoms with Crippen molar-refractivity contribution in [2.45, 2.75) is 20.3 Å². The zero-order chi connectivity index (χ0) is 12.2. The molecule has 0 saturated carbocycles. The summed E-state index contributed by atoms with van der Waals surface area (Å²) in [5.41, 5.74) is -0.0986. The van der Waals surface area contributed by atoms with E-state index in [-0.39, 0.29) is 5.78 Å². The lowest BCUT2D eigenvalue weighted by Crippen LogP contribution is -2.26. The van der Waals surface area contributed by atoms with Gasteiger partial charge in [0.15, 0.2) is 0 Å². The number of ketones is 1. The van der Waals surface area contributed by atoms with Crippen molar-refractivity contribution >= 4 is 5.78 Å². The highest BCUT2D eigenvalue weighted by molar-refractivity contribution is 5.85. The van der Waals surface area contributed by atoms with Crippen LogP contribution in [0, 0.1) is 16.7 Å². The standard InChI is InChI=1S/C13H15NO2/c1-10(15)13(2,9-14)8-11-6-4-5-7-12(11)16-3/h4-7H,8H2,1-3H3. The minimum Gasteiger partial charge on any atom is -0.496 e. The van der Waals surface area contributed by atoms with Gasteiger partial charge in [0.2, 0.25) is 0 Å². The predicted octanol–water partition coefficient (Wildman–Crippen LogP) is 2.36. The molecule has 0 N–H and O–H groups in total. The maximum atomic E-state index is 11.4. The van der Waals surface area contributed by atoms with Gasteiger partial charge in [-0.3, -0.25) is 4.79 Å². The van der Waals surface area contributed by atoms with Crippen LogP contribution in [0.1, 0.15) is 19.4 Å². The Morgan fingerprint density at radius 1 is 1.50 bits per heavy atom. The Balaban J connectivity index is 3.04. The summed E-state index contributed by atoms with van der Waals surface area (Å²) in [6.45, 7) is 3.10. The van der Waals surface area contributed by atoms with Gasteiger partial charge in [-0.15, -0.1) is 0 Å². The first-order valence-corrected chi connectivity index (χ1v) is 5.07. The first-order valence-electron chi connectivity index (χ1n) is 5.07. The van der Waals surface area contributed by atoms with Gasteiger partial charge in [-0.1, -0.05) is 18.2 Å². The van der Waals surface area contributed by atoms with E-state index in [1.54, 1.807) is 14.0 Å². The quantitative estimate of drug-likeness (QED) is 0.777. The molecule has 0 aliphatic heterocycles.